The molecule has 2 fully saturated rings. The van der Waals surface area contributed by atoms with Crippen molar-refractivity contribution in [3.05, 3.63) is 29.8 Å². The maximum absolute atomic E-state index is 12.6. The first kappa shape index (κ1) is 16.7. The summed E-state index contributed by atoms with van der Waals surface area (Å²) in [5.41, 5.74) is 0.399. The number of primary sulfonamides is 1. The van der Waals surface area contributed by atoms with E-state index in [2.05, 4.69) is 0 Å². The molecule has 0 aromatic heterocycles. The number of rotatable bonds is 2. The number of carbonyl (C=O) groups excluding carboxylic acids is 1. The molecule has 8 nitrogen and oxygen atoms in total. The lowest BCUT2D eigenvalue weighted by Gasteiger charge is -2.32. The van der Waals surface area contributed by atoms with E-state index in [1.807, 2.05) is 0 Å². The second kappa shape index (κ2) is 6.06. The van der Waals surface area contributed by atoms with E-state index in [0.29, 0.717) is 37.7 Å². The quantitative estimate of drug-likeness (QED) is 0.797. The monoisotopic (exact) mass is 353 g/mol. The van der Waals surface area contributed by atoms with E-state index in [9.17, 15) is 18.0 Å². The average molecular weight is 353 g/mol. The van der Waals surface area contributed by atoms with Crippen molar-refractivity contribution in [2.75, 3.05) is 26.2 Å². The minimum Gasteiger partial charge on any atom is -0.465 e. The van der Waals surface area contributed by atoms with E-state index < -0.39 is 16.1 Å². The van der Waals surface area contributed by atoms with Crippen molar-refractivity contribution in [1.82, 2.24) is 9.80 Å². The van der Waals surface area contributed by atoms with Crippen molar-refractivity contribution in [2.45, 2.75) is 11.3 Å². The molecule has 2 aliphatic rings. The number of likely N-dealkylation sites (tertiary alicyclic amines) is 2. The summed E-state index contributed by atoms with van der Waals surface area (Å²) in [5.74, 6) is 0.294. The molecule has 0 unspecified atom stereocenters. The smallest absolute Gasteiger partial charge is 0.407 e. The van der Waals surface area contributed by atoms with Crippen LogP contribution in [0.3, 0.4) is 0 Å². The Morgan fingerprint density at radius 2 is 1.62 bits per heavy atom. The molecule has 2 aliphatic heterocycles. The van der Waals surface area contributed by atoms with Crippen molar-refractivity contribution in [3.8, 4) is 0 Å². The number of hydrogen-bond donors (Lipinski definition) is 2. The molecule has 2 atom stereocenters. The average Bonchev–Trinajstić information content (AvgIpc) is 2.96. The number of carbonyl (C=O) groups is 2. The lowest BCUT2D eigenvalue weighted by Crippen LogP contribution is -2.42. The van der Waals surface area contributed by atoms with Gasteiger partial charge >= 0.3 is 6.09 Å². The minimum atomic E-state index is -3.78. The van der Waals surface area contributed by atoms with Gasteiger partial charge < -0.3 is 14.9 Å². The van der Waals surface area contributed by atoms with Gasteiger partial charge in [0.1, 0.15) is 0 Å². The number of hydrogen-bond acceptors (Lipinski definition) is 4. The SMILES string of the molecule is NS(=O)(=O)c1ccc(C(=O)N2C[C@H]3CCN(C(=O)O)C[C@@H]3C2)cc1. The fraction of sp³-hybridized carbons (Fsp3) is 0.467. The van der Waals surface area contributed by atoms with Gasteiger partial charge in [0, 0.05) is 31.7 Å². The fourth-order valence-electron chi connectivity index (χ4n) is 3.48. The van der Waals surface area contributed by atoms with Crippen LogP contribution in [0.5, 0.6) is 0 Å². The van der Waals surface area contributed by atoms with E-state index in [1.165, 1.54) is 29.2 Å². The summed E-state index contributed by atoms with van der Waals surface area (Å²) >= 11 is 0. The van der Waals surface area contributed by atoms with Gasteiger partial charge in [-0.25, -0.2) is 18.4 Å². The summed E-state index contributed by atoms with van der Waals surface area (Å²) in [6.07, 6.45) is -0.165. The first-order valence-electron chi connectivity index (χ1n) is 7.65. The van der Waals surface area contributed by atoms with Crippen molar-refractivity contribution in [3.63, 3.8) is 0 Å². The van der Waals surface area contributed by atoms with Gasteiger partial charge in [0.25, 0.3) is 5.91 Å². The zero-order chi connectivity index (χ0) is 17.5. The highest BCUT2D eigenvalue weighted by molar-refractivity contribution is 7.89. The summed E-state index contributed by atoms with van der Waals surface area (Å²) in [7, 11) is -3.78. The molecule has 24 heavy (non-hydrogen) atoms. The Labute approximate surface area is 139 Å². The Morgan fingerprint density at radius 1 is 1.04 bits per heavy atom. The zero-order valence-electron chi connectivity index (χ0n) is 13.0. The predicted octanol–water partition coefficient (Wildman–Crippen LogP) is 0.406. The molecular formula is C15H19N3O5S. The maximum Gasteiger partial charge on any atom is 0.407 e. The topological polar surface area (TPSA) is 121 Å². The molecule has 130 valence electrons. The molecule has 0 spiro atoms. The maximum atomic E-state index is 12.6. The van der Waals surface area contributed by atoms with Crippen molar-refractivity contribution in [1.29, 1.82) is 0 Å². The minimum absolute atomic E-state index is 0.0359. The van der Waals surface area contributed by atoms with Crippen LogP contribution >= 0.6 is 0 Å². The molecule has 1 aromatic rings. The molecule has 0 aliphatic carbocycles. The van der Waals surface area contributed by atoms with Crippen molar-refractivity contribution in [2.24, 2.45) is 17.0 Å². The number of fused-ring (bicyclic) bond motifs is 1. The van der Waals surface area contributed by atoms with Crippen LogP contribution in [-0.2, 0) is 10.0 Å². The lowest BCUT2D eigenvalue weighted by atomic mass is 9.89. The highest BCUT2D eigenvalue weighted by atomic mass is 32.2. The molecule has 1 aromatic carbocycles. The van der Waals surface area contributed by atoms with Gasteiger partial charge in [-0.3, -0.25) is 4.79 Å². The summed E-state index contributed by atoms with van der Waals surface area (Å²) in [4.78, 5) is 26.7. The molecule has 0 radical (unpaired) electrons. The van der Waals surface area contributed by atoms with E-state index >= 15 is 0 Å². The lowest BCUT2D eigenvalue weighted by molar-refractivity contribution is 0.0784. The number of nitrogens with two attached hydrogens (primary N) is 1. The van der Waals surface area contributed by atoms with Gasteiger partial charge in [-0.1, -0.05) is 0 Å². The Balaban J connectivity index is 1.70. The first-order chi connectivity index (χ1) is 11.3. The van der Waals surface area contributed by atoms with Gasteiger partial charge in [-0.05, 0) is 42.5 Å². The van der Waals surface area contributed by atoms with Gasteiger partial charge in [0.2, 0.25) is 10.0 Å². The van der Waals surface area contributed by atoms with Crippen molar-refractivity contribution >= 4 is 22.0 Å². The van der Waals surface area contributed by atoms with Gasteiger partial charge in [-0.15, -0.1) is 0 Å². The molecule has 2 amide bonds. The number of nitrogens with zero attached hydrogens (tertiary/aromatic N) is 2. The number of sulfonamides is 1. The summed E-state index contributed by atoms with van der Waals surface area (Å²) in [6, 6.07) is 5.54. The Bertz CT molecular complexity index is 762. The fourth-order valence-corrected chi connectivity index (χ4v) is 3.99. The standard InChI is InChI=1S/C15H19N3O5S/c16-24(22,23)13-3-1-10(2-4-13)14(19)18-7-11-5-6-17(15(20)21)8-12(11)9-18/h1-4,11-12H,5-9H2,(H,20,21)(H2,16,22,23)/t11-,12-/m1/s1. The molecule has 0 bridgehead atoms. The third-order valence-corrected chi connectivity index (χ3v) is 5.72. The Kier molecular flexibility index (Phi) is 4.22. The summed E-state index contributed by atoms with van der Waals surface area (Å²) < 4.78 is 22.5. The third kappa shape index (κ3) is 3.22. The molecule has 3 rings (SSSR count). The Hall–Kier alpha value is -2.13. The normalized spacial score (nSPS) is 23.9. The second-order valence-corrected chi connectivity index (χ2v) is 7.88. The van der Waals surface area contributed by atoms with Gasteiger partial charge in [0.15, 0.2) is 0 Å². The summed E-state index contributed by atoms with van der Waals surface area (Å²) in [5, 5.41) is 14.1. The molecule has 2 heterocycles. The van der Waals surface area contributed by atoms with Crippen LogP contribution in [0, 0.1) is 11.8 Å². The highest BCUT2D eigenvalue weighted by Crippen LogP contribution is 2.32. The van der Waals surface area contributed by atoms with Crippen molar-refractivity contribution < 1.29 is 23.1 Å². The van der Waals surface area contributed by atoms with Gasteiger partial charge in [0.05, 0.1) is 4.90 Å². The van der Waals surface area contributed by atoms with Crippen LogP contribution in [-0.4, -0.2) is 61.5 Å². The van der Waals surface area contributed by atoms with E-state index in [0.717, 1.165) is 6.42 Å². The van der Waals surface area contributed by atoms with E-state index in [1.54, 1.807) is 4.90 Å². The molecule has 3 N–H and O–H groups in total. The van der Waals surface area contributed by atoms with Crippen LogP contribution < -0.4 is 5.14 Å². The first-order valence-corrected chi connectivity index (χ1v) is 9.20. The number of carboxylic acid groups (broad SMARTS) is 1. The van der Waals surface area contributed by atoms with Crippen LogP contribution in [0.25, 0.3) is 0 Å². The molecular weight excluding hydrogens is 334 g/mol. The molecule has 9 heteroatoms. The van der Waals surface area contributed by atoms with E-state index in [-0.39, 0.29) is 16.7 Å². The molecule has 2 saturated heterocycles. The van der Waals surface area contributed by atoms with Crippen LogP contribution in [0.2, 0.25) is 0 Å². The highest BCUT2D eigenvalue weighted by Gasteiger charge is 2.40. The zero-order valence-corrected chi connectivity index (χ0v) is 13.8. The third-order valence-electron chi connectivity index (χ3n) is 4.79. The summed E-state index contributed by atoms with van der Waals surface area (Å²) in [6.45, 7) is 2.08. The van der Waals surface area contributed by atoms with E-state index in [4.69, 9.17) is 10.2 Å². The number of benzene rings is 1. The van der Waals surface area contributed by atoms with Crippen LogP contribution in [0.4, 0.5) is 4.79 Å². The van der Waals surface area contributed by atoms with Gasteiger partial charge in [-0.2, -0.15) is 0 Å². The second-order valence-electron chi connectivity index (χ2n) is 6.32. The Morgan fingerprint density at radius 3 is 2.21 bits per heavy atom. The predicted molar refractivity (Wildman–Crippen MR) is 84.9 cm³/mol. The van der Waals surface area contributed by atoms with Crippen LogP contribution in [0.1, 0.15) is 16.8 Å². The number of amides is 2. The number of piperidine rings is 1. The van der Waals surface area contributed by atoms with Crippen LogP contribution in [0.15, 0.2) is 29.2 Å². The largest absolute Gasteiger partial charge is 0.465 e. The molecule has 0 saturated carbocycles.